The van der Waals surface area contributed by atoms with Crippen LogP contribution in [0.5, 0.6) is 5.75 Å². The molecule has 1 aromatic rings. The third-order valence-corrected chi connectivity index (χ3v) is 5.30. The van der Waals surface area contributed by atoms with Crippen molar-refractivity contribution < 1.29 is 4.74 Å². The fraction of sp³-hybridized carbons (Fsp3) is 0.667. The average molecular weight is 286 g/mol. The number of fused-ring (bicyclic) bond motifs is 2. The van der Waals surface area contributed by atoms with Crippen LogP contribution < -0.4 is 10.1 Å². The molecule has 114 valence electrons. The highest BCUT2D eigenvalue weighted by Gasteiger charge is 2.36. The number of rotatable bonds is 3. The largest absolute Gasteiger partial charge is 0.487 e. The SMILES string of the molecule is CC1(C)Cc2cc(CNC3CCN4CCCC34)ccc2O1. The van der Waals surface area contributed by atoms with Crippen molar-refractivity contribution in [1.82, 2.24) is 10.2 Å². The Bertz CT molecular complexity index is 540. The molecule has 0 amide bonds. The van der Waals surface area contributed by atoms with E-state index in [1.165, 1.54) is 43.5 Å². The van der Waals surface area contributed by atoms with Gasteiger partial charge in [0.05, 0.1) is 0 Å². The highest BCUT2D eigenvalue weighted by atomic mass is 16.5. The molecule has 3 nitrogen and oxygen atoms in total. The standard InChI is InChI=1S/C18H26N2O/c1-18(2)11-14-10-13(5-6-17(14)21-18)12-19-15-7-9-20-8-3-4-16(15)20/h5-6,10,15-16,19H,3-4,7-9,11-12H2,1-2H3. The number of ether oxygens (including phenoxy) is 1. The van der Waals surface area contributed by atoms with Crippen molar-refractivity contribution in [3.05, 3.63) is 29.3 Å². The molecule has 1 N–H and O–H groups in total. The van der Waals surface area contributed by atoms with E-state index in [9.17, 15) is 0 Å². The van der Waals surface area contributed by atoms with E-state index in [4.69, 9.17) is 4.74 Å². The van der Waals surface area contributed by atoms with Crippen LogP contribution in [0.2, 0.25) is 0 Å². The van der Waals surface area contributed by atoms with E-state index in [-0.39, 0.29) is 5.60 Å². The van der Waals surface area contributed by atoms with Crippen molar-refractivity contribution in [3.8, 4) is 5.75 Å². The number of hydrogen-bond donors (Lipinski definition) is 1. The Labute approximate surface area is 127 Å². The maximum absolute atomic E-state index is 5.96. The van der Waals surface area contributed by atoms with Gasteiger partial charge in [0.1, 0.15) is 11.4 Å². The van der Waals surface area contributed by atoms with Crippen molar-refractivity contribution in [2.45, 2.75) is 63.8 Å². The molecule has 3 aliphatic rings. The molecule has 3 heteroatoms. The van der Waals surface area contributed by atoms with Gasteiger partial charge < -0.3 is 10.1 Å². The second-order valence-corrected chi connectivity index (χ2v) is 7.50. The third-order valence-electron chi connectivity index (χ3n) is 5.30. The summed E-state index contributed by atoms with van der Waals surface area (Å²) in [7, 11) is 0. The van der Waals surface area contributed by atoms with Gasteiger partial charge in [0.15, 0.2) is 0 Å². The first-order valence-electron chi connectivity index (χ1n) is 8.39. The van der Waals surface area contributed by atoms with Gasteiger partial charge in [-0.05, 0) is 56.8 Å². The monoisotopic (exact) mass is 286 g/mol. The van der Waals surface area contributed by atoms with Crippen molar-refractivity contribution in [2.75, 3.05) is 13.1 Å². The van der Waals surface area contributed by atoms with Crippen LogP contribution in [0.1, 0.15) is 44.2 Å². The minimum absolute atomic E-state index is 0.0375. The number of nitrogens with zero attached hydrogens (tertiary/aromatic N) is 1. The second-order valence-electron chi connectivity index (χ2n) is 7.50. The molecule has 4 rings (SSSR count). The van der Waals surface area contributed by atoms with Gasteiger partial charge in [-0.1, -0.05) is 12.1 Å². The summed E-state index contributed by atoms with van der Waals surface area (Å²) in [6.07, 6.45) is 5.10. The molecule has 21 heavy (non-hydrogen) atoms. The van der Waals surface area contributed by atoms with Crippen LogP contribution >= 0.6 is 0 Å². The number of hydrogen-bond acceptors (Lipinski definition) is 3. The van der Waals surface area contributed by atoms with Gasteiger partial charge in [-0.15, -0.1) is 0 Å². The Hall–Kier alpha value is -1.06. The molecule has 3 aliphatic heterocycles. The summed E-state index contributed by atoms with van der Waals surface area (Å²) in [6, 6.07) is 8.18. The Kier molecular flexibility index (Phi) is 3.23. The van der Waals surface area contributed by atoms with Crippen LogP contribution in [0.25, 0.3) is 0 Å². The lowest BCUT2D eigenvalue weighted by molar-refractivity contribution is 0.138. The quantitative estimate of drug-likeness (QED) is 0.924. The van der Waals surface area contributed by atoms with E-state index < -0.39 is 0 Å². The Morgan fingerprint density at radius 1 is 1.29 bits per heavy atom. The second kappa shape index (κ2) is 4.99. The Balaban J connectivity index is 1.40. The minimum atomic E-state index is -0.0375. The van der Waals surface area contributed by atoms with Crippen LogP contribution in [0.15, 0.2) is 18.2 Å². The molecule has 2 unspecified atom stereocenters. The molecule has 0 spiro atoms. The zero-order valence-electron chi connectivity index (χ0n) is 13.2. The molecule has 0 aliphatic carbocycles. The first kappa shape index (κ1) is 13.6. The van der Waals surface area contributed by atoms with E-state index in [0.29, 0.717) is 6.04 Å². The van der Waals surface area contributed by atoms with Crippen molar-refractivity contribution in [2.24, 2.45) is 0 Å². The summed E-state index contributed by atoms with van der Waals surface area (Å²) >= 11 is 0. The maximum atomic E-state index is 5.96. The van der Waals surface area contributed by atoms with Gasteiger partial charge in [0.2, 0.25) is 0 Å². The topological polar surface area (TPSA) is 24.5 Å². The molecular weight excluding hydrogens is 260 g/mol. The lowest BCUT2D eigenvalue weighted by atomic mass is 10.00. The van der Waals surface area contributed by atoms with Crippen LogP contribution in [0.4, 0.5) is 0 Å². The molecule has 2 fully saturated rings. The van der Waals surface area contributed by atoms with Crippen LogP contribution in [0, 0.1) is 0 Å². The first-order valence-corrected chi connectivity index (χ1v) is 8.39. The summed E-state index contributed by atoms with van der Waals surface area (Å²) in [5, 5.41) is 3.80. The molecule has 0 saturated carbocycles. The van der Waals surface area contributed by atoms with E-state index >= 15 is 0 Å². The molecule has 0 bridgehead atoms. The molecular formula is C18H26N2O. The summed E-state index contributed by atoms with van der Waals surface area (Å²) in [6.45, 7) is 7.92. The Morgan fingerprint density at radius 3 is 3.10 bits per heavy atom. The zero-order valence-corrected chi connectivity index (χ0v) is 13.2. The molecule has 1 aromatic carbocycles. The van der Waals surface area contributed by atoms with Gasteiger partial charge in [-0.3, -0.25) is 4.90 Å². The molecule has 0 radical (unpaired) electrons. The van der Waals surface area contributed by atoms with Gasteiger partial charge >= 0.3 is 0 Å². The van der Waals surface area contributed by atoms with Crippen LogP contribution in [-0.4, -0.2) is 35.7 Å². The number of nitrogens with one attached hydrogen (secondary N) is 1. The van der Waals surface area contributed by atoms with E-state index in [1.54, 1.807) is 0 Å². The zero-order chi connectivity index (χ0) is 14.4. The molecule has 2 atom stereocenters. The summed E-state index contributed by atoms with van der Waals surface area (Å²) < 4.78 is 5.96. The predicted molar refractivity (Wildman–Crippen MR) is 84.7 cm³/mol. The van der Waals surface area contributed by atoms with Crippen molar-refractivity contribution in [1.29, 1.82) is 0 Å². The van der Waals surface area contributed by atoms with Crippen LogP contribution in [0.3, 0.4) is 0 Å². The van der Waals surface area contributed by atoms with Gasteiger partial charge in [-0.2, -0.15) is 0 Å². The fourth-order valence-electron chi connectivity index (χ4n) is 4.34. The van der Waals surface area contributed by atoms with E-state index in [1.807, 2.05) is 0 Å². The molecule has 2 saturated heterocycles. The lowest BCUT2D eigenvalue weighted by Gasteiger charge is -2.21. The first-order chi connectivity index (χ1) is 10.1. The minimum Gasteiger partial charge on any atom is -0.487 e. The van der Waals surface area contributed by atoms with Crippen molar-refractivity contribution >= 4 is 0 Å². The smallest absolute Gasteiger partial charge is 0.123 e. The highest BCUT2D eigenvalue weighted by molar-refractivity contribution is 5.41. The third kappa shape index (κ3) is 2.58. The average Bonchev–Trinajstić information content (AvgIpc) is 3.08. The lowest BCUT2D eigenvalue weighted by Crippen LogP contribution is -2.38. The Morgan fingerprint density at radius 2 is 2.19 bits per heavy atom. The molecule has 3 heterocycles. The molecule has 0 aromatic heterocycles. The summed E-state index contributed by atoms with van der Waals surface area (Å²) in [5.41, 5.74) is 2.73. The van der Waals surface area contributed by atoms with Gasteiger partial charge in [0.25, 0.3) is 0 Å². The van der Waals surface area contributed by atoms with Gasteiger partial charge in [0, 0.05) is 31.6 Å². The van der Waals surface area contributed by atoms with E-state index in [0.717, 1.165) is 24.8 Å². The maximum Gasteiger partial charge on any atom is 0.123 e. The summed E-state index contributed by atoms with van der Waals surface area (Å²) in [5.74, 6) is 1.08. The normalized spacial score (nSPS) is 30.2. The fourth-order valence-corrected chi connectivity index (χ4v) is 4.34. The highest BCUT2D eigenvalue weighted by Crippen LogP contribution is 2.35. The van der Waals surface area contributed by atoms with E-state index in [2.05, 4.69) is 42.3 Å². The van der Waals surface area contributed by atoms with Crippen LogP contribution in [-0.2, 0) is 13.0 Å². The van der Waals surface area contributed by atoms with Crippen molar-refractivity contribution in [3.63, 3.8) is 0 Å². The number of benzene rings is 1. The van der Waals surface area contributed by atoms with Gasteiger partial charge in [-0.25, -0.2) is 0 Å². The predicted octanol–water partition coefficient (Wildman–Crippen LogP) is 2.73. The summed E-state index contributed by atoms with van der Waals surface area (Å²) in [4.78, 5) is 2.66.